The lowest BCUT2D eigenvalue weighted by molar-refractivity contribution is 0.102. The van der Waals surface area contributed by atoms with Crippen LogP contribution in [0.4, 0.5) is 10.9 Å². The summed E-state index contributed by atoms with van der Waals surface area (Å²) in [5.41, 5.74) is 7.72. The number of hydrogen-bond donors (Lipinski definition) is 2. The van der Waals surface area contributed by atoms with Crippen molar-refractivity contribution in [3.63, 3.8) is 0 Å². The molecule has 3 N–H and O–H groups in total. The molecule has 2 aromatic heterocycles. The van der Waals surface area contributed by atoms with E-state index in [0.29, 0.717) is 16.5 Å². The third kappa shape index (κ3) is 2.88. The number of thiazole rings is 1. The normalized spacial score (nSPS) is 10.5. The monoisotopic (exact) mass is 329 g/mol. The Morgan fingerprint density at radius 3 is 2.87 bits per heavy atom. The first-order chi connectivity index (χ1) is 11.1. The fourth-order valence-electron chi connectivity index (χ4n) is 2.10. The van der Waals surface area contributed by atoms with E-state index in [-0.39, 0.29) is 5.91 Å². The van der Waals surface area contributed by atoms with Crippen LogP contribution in [-0.4, -0.2) is 27.8 Å². The molecule has 0 radical (unpaired) electrons. The summed E-state index contributed by atoms with van der Waals surface area (Å²) >= 11 is 1.33. The third-order valence-corrected chi connectivity index (χ3v) is 4.09. The smallest absolute Gasteiger partial charge is 0.262 e. The van der Waals surface area contributed by atoms with E-state index in [4.69, 9.17) is 10.5 Å². The van der Waals surface area contributed by atoms with Crippen molar-refractivity contribution in [2.75, 3.05) is 18.2 Å². The number of anilines is 2. The third-order valence-electron chi connectivity index (χ3n) is 3.34. The predicted molar refractivity (Wildman–Crippen MR) is 89.7 cm³/mol. The van der Waals surface area contributed by atoms with Gasteiger partial charge in [0.25, 0.3) is 5.91 Å². The van der Waals surface area contributed by atoms with E-state index in [0.717, 1.165) is 17.0 Å². The van der Waals surface area contributed by atoms with E-state index in [2.05, 4.69) is 15.4 Å². The summed E-state index contributed by atoms with van der Waals surface area (Å²) in [7, 11) is 3.29. The molecule has 7 nitrogen and oxygen atoms in total. The van der Waals surface area contributed by atoms with Crippen molar-refractivity contribution in [2.45, 2.75) is 0 Å². The number of para-hydroxylation sites is 1. The second-order valence-electron chi connectivity index (χ2n) is 4.76. The fraction of sp³-hybridized carbons (Fsp3) is 0.133. The summed E-state index contributed by atoms with van der Waals surface area (Å²) < 4.78 is 6.77. The topological polar surface area (TPSA) is 95.1 Å². The number of nitrogens with one attached hydrogen (secondary N) is 1. The van der Waals surface area contributed by atoms with Crippen LogP contribution in [0.15, 0.2) is 35.8 Å². The van der Waals surface area contributed by atoms with Gasteiger partial charge in [0.15, 0.2) is 5.13 Å². The Labute approximate surface area is 136 Å². The van der Waals surface area contributed by atoms with Crippen LogP contribution in [0.3, 0.4) is 0 Å². The van der Waals surface area contributed by atoms with Crippen LogP contribution in [0.5, 0.6) is 5.75 Å². The van der Waals surface area contributed by atoms with E-state index in [1.165, 1.54) is 22.2 Å². The number of amides is 1. The van der Waals surface area contributed by atoms with Gasteiger partial charge in [-0.05, 0) is 12.1 Å². The van der Waals surface area contributed by atoms with Gasteiger partial charge in [0.2, 0.25) is 0 Å². The molecule has 2 heterocycles. The van der Waals surface area contributed by atoms with Crippen LogP contribution in [0.25, 0.3) is 11.3 Å². The lowest BCUT2D eigenvalue weighted by Gasteiger charge is -2.05. The molecule has 0 atom stereocenters. The van der Waals surface area contributed by atoms with E-state index >= 15 is 0 Å². The summed E-state index contributed by atoms with van der Waals surface area (Å²) in [4.78, 5) is 16.6. The Bertz CT molecular complexity index is 855. The summed E-state index contributed by atoms with van der Waals surface area (Å²) in [5, 5.41) is 9.03. The van der Waals surface area contributed by atoms with Gasteiger partial charge in [-0.3, -0.25) is 14.8 Å². The van der Waals surface area contributed by atoms with Crippen molar-refractivity contribution in [1.82, 2.24) is 14.8 Å². The number of nitrogen functional groups attached to an aromatic ring is 1. The van der Waals surface area contributed by atoms with Crippen molar-refractivity contribution >= 4 is 28.2 Å². The van der Waals surface area contributed by atoms with E-state index in [9.17, 15) is 4.79 Å². The number of rotatable bonds is 4. The minimum atomic E-state index is -0.337. The molecule has 0 unspecified atom stereocenters. The minimum absolute atomic E-state index is 0.309. The molecule has 0 aliphatic heterocycles. The minimum Gasteiger partial charge on any atom is -0.496 e. The van der Waals surface area contributed by atoms with Crippen molar-refractivity contribution in [1.29, 1.82) is 0 Å². The van der Waals surface area contributed by atoms with E-state index in [1.807, 2.05) is 29.6 Å². The maximum absolute atomic E-state index is 12.2. The highest BCUT2D eigenvalue weighted by Crippen LogP contribution is 2.32. The van der Waals surface area contributed by atoms with Crippen LogP contribution in [0, 0.1) is 0 Å². The molecule has 23 heavy (non-hydrogen) atoms. The van der Waals surface area contributed by atoms with Gasteiger partial charge in [-0.15, -0.1) is 11.3 Å². The molecule has 1 amide bonds. The van der Waals surface area contributed by atoms with Crippen LogP contribution in [0.1, 0.15) is 10.4 Å². The Morgan fingerprint density at radius 1 is 1.39 bits per heavy atom. The number of nitrogens with two attached hydrogens (primary N) is 1. The van der Waals surface area contributed by atoms with Gasteiger partial charge in [-0.2, -0.15) is 5.10 Å². The van der Waals surface area contributed by atoms with Crippen LogP contribution in [0.2, 0.25) is 0 Å². The molecular weight excluding hydrogens is 314 g/mol. The summed E-state index contributed by atoms with van der Waals surface area (Å²) in [6.07, 6.45) is 1.43. The van der Waals surface area contributed by atoms with Crippen molar-refractivity contribution in [3.05, 3.63) is 41.4 Å². The second-order valence-corrected chi connectivity index (χ2v) is 5.62. The first-order valence-electron chi connectivity index (χ1n) is 6.78. The Balaban J connectivity index is 1.82. The predicted octanol–water partition coefficient (Wildman–Crippen LogP) is 2.39. The Morgan fingerprint density at radius 2 is 2.17 bits per heavy atom. The maximum Gasteiger partial charge on any atom is 0.262 e. The van der Waals surface area contributed by atoms with Crippen LogP contribution in [-0.2, 0) is 7.05 Å². The van der Waals surface area contributed by atoms with Gasteiger partial charge in [0.05, 0.1) is 19.0 Å². The molecule has 0 saturated heterocycles. The second kappa shape index (κ2) is 6.09. The molecule has 0 bridgehead atoms. The number of nitrogens with zero attached hydrogens (tertiary/aromatic N) is 3. The zero-order valence-electron chi connectivity index (χ0n) is 12.6. The highest BCUT2D eigenvalue weighted by atomic mass is 32.1. The lowest BCUT2D eigenvalue weighted by Crippen LogP contribution is -2.13. The molecule has 3 aromatic rings. The zero-order chi connectivity index (χ0) is 16.4. The highest BCUT2D eigenvalue weighted by molar-refractivity contribution is 7.14. The highest BCUT2D eigenvalue weighted by Gasteiger charge is 2.16. The van der Waals surface area contributed by atoms with Gasteiger partial charge in [-0.25, -0.2) is 4.98 Å². The maximum atomic E-state index is 12.2. The summed E-state index contributed by atoms with van der Waals surface area (Å²) in [6.45, 7) is 0. The number of hydrogen-bond acceptors (Lipinski definition) is 6. The van der Waals surface area contributed by atoms with Gasteiger partial charge in [0, 0.05) is 18.0 Å². The van der Waals surface area contributed by atoms with Crippen LogP contribution < -0.4 is 15.8 Å². The number of aromatic nitrogens is 3. The Kier molecular flexibility index (Phi) is 3.98. The summed E-state index contributed by atoms with van der Waals surface area (Å²) in [6, 6.07) is 7.58. The van der Waals surface area contributed by atoms with Crippen LogP contribution >= 0.6 is 11.3 Å². The summed E-state index contributed by atoms with van der Waals surface area (Å²) in [5.74, 6) is 0.702. The number of aryl methyl sites for hydroxylation is 1. The number of ether oxygens (including phenoxy) is 1. The zero-order valence-corrected chi connectivity index (χ0v) is 13.4. The first kappa shape index (κ1) is 15.0. The number of carbonyl (C=O) groups is 1. The van der Waals surface area contributed by atoms with Crippen molar-refractivity contribution < 1.29 is 9.53 Å². The fourth-order valence-corrected chi connectivity index (χ4v) is 2.80. The molecule has 0 spiro atoms. The van der Waals surface area contributed by atoms with Gasteiger partial charge in [0.1, 0.15) is 17.1 Å². The lowest BCUT2D eigenvalue weighted by atomic mass is 10.1. The average Bonchev–Trinajstić information content (AvgIpc) is 3.15. The number of benzene rings is 1. The quantitative estimate of drug-likeness (QED) is 0.766. The van der Waals surface area contributed by atoms with E-state index in [1.54, 1.807) is 14.2 Å². The molecule has 3 rings (SSSR count). The molecule has 0 aliphatic carbocycles. The molecule has 8 heteroatoms. The number of methoxy groups -OCH3 is 1. The van der Waals surface area contributed by atoms with Gasteiger partial charge >= 0.3 is 0 Å². The van der Waals surface area contributed by atoms with Gasteiger partial charge < -0.3 is 10.5 Å². The largest absolute Gasteiger partial charge is 0.496 e. The Hall–Kier alpha value is -2.87. The van der Waals surface area contributed by atoms with Crippen molar-refractivity contribution in [2.24, 2.45) is 7.05 Å². The molecular formula is C15H15N5O2S. The average molecular weight is 329 g/mol. The molecule has 0 saturated carbocycles. The molecule has 1 aromatic carbocycles. The standard InChI is InChI=1S/C15H15N5O2S/c1-20-13(16)10(7-17-20)14(21)19-15-18-11(8-23-15)9-5-3-4-6-12(9)22-2/h3-8H,16H2,1-2H3,(H,18,19,21). The first-order valence-corrected chi connectivity index (χ1v) is 7.66. The molecule has 118 valence electrons. The number of carbonyl (C=O) groups excluding carboxylic acids is 1. The SMILES string of the molecule is COc1ccccc1-c1csc(NC(=O)c2cnn(C)c2N)n1. The molecule has 0 fully saturated rings. The van der Waals surface area contributed by atoms with Crippen molar-refractivity contribution in [3.8, 4) is 17.0 Å². The van der Waals surface area contributed by atoms with E-state index < -0.39 is 0 Å². The van der Waals surface area contributed by atoms with Gasteiger partial charge in [-0.1, -0.05) is 12.1 Å². The molecule has 0 aliphatic rings.